The third-order valence-electron chi connectivity index (χ3n) is 7.90. The molecule has 5 rings (SSSR count). The highest BCUT2D eigenvalue weighted by Crippen LogP contribution is 2.47. The average molecular weight is 500 g/mol. The van der Waals surface area contributed by atoms with E-state index in [1.165, 1.54) is 66.4 Å². The second-order valence-corrected chi connectivity index (χ2v) is 13.0. The lowest BCUT2D eigenvalue weighted by atomic mass is 9.82. The Bertz CT molecular complexity index is 1580. The van der Waals surface area contributed by atoms with Gasteiger partial charge < -0.3 is 4.90 Å². The molecule has 0 aliphatic rings. The number of nitrogens with zero attached hydrogens (tertiary/aromatic N) is 1. The molecule has 0 unspecified atom stereocenters. The third kappa shape index (κ3) is 4.71. The predicted molar refractivity (Wildman–Crippen MR) is 168 cm³/mol. The highest BCUT2D eigenvalue weighted by molar-refractivity contribution is 6.16. The molecule has 0 radical (unpaired) electrons. The number of benzene rings is 5. The first kappa shape index (κ1) is 26.0. The Kier molecular flexibility index (Phi) is 6.38. The van der Waals surface area contributed by atoms with Crippen LogP contribution in [0.25, 0.3) is 21.5 Å². The highest BCUT2D eigenvalue weighted by Gasteiger charge is 2.24. The summed E-state index contributed by atoms with van der Waals surface area (Å²) in [4.78, 5) is 2.46. The second-order valence-electron chi connectivity index (χ2n) is 13.0. The van der Waals surface area contributed by atoms with E-state index >= 15 is 0 Å². The van der Waals surface area contributed by atoms with Crippen molar-refractivity contribution in [1.29, 1.82) is 0 Å². The maximum Gasteiger partial charge on any atom is 0.0618 e. The van der Waals surface area contributed by atoms with Crippen LogP contribution in [0, 0.1) is 20.8 Å². The van der Waals surface area contributed by atoms with Crippen LogP contribution in [0.2, 0.25) is 0 Å². The molecule has 0 amide bonds. The first-order valence-electron chi connectivity index (χ1n) is 13.8. The molecule has 0 N–H and O–H groups in total. The summed E-state index contributed by atoms with van der Waals surface area (Å²) in [6.45, 7) is 20.4. The largest absolute Gasteiger partial charge is 0.309 e. The van der Waals surface area contributed by atoms with E-state index in [-0.39, 0.29) is 10.8 Å². The molecule has 1 heteroatoms. The topological polar surface area (TPSA) is 3.24 Å². The van der Waals surface area contributed by atoms with Gasteiger partial charge in [0.1, 0.15) is 0 Å². The summed E-state index contributed by atoms with van der Waals surface area (Å²) in [6.07, 6.45) is 0. The molecule has 0 aliphatic carbocycles. The van der Waals surface area contributed by atoms with Gasteiger partial charge in [0.05, 0.1) is 5.69 Å². The molecule has 0 spiro atoms. The minimum atomic E-state index is 0.0585. The number of fused-ring (bicyclic) bond motifs is 2. The van der Waals surface area contributed by atoms with Gasteiger partial charge in [0, 0.05) is 22.1 Å². The van der Waals surface area contributed by atoms with E-state index in [0.717, 1.165) is 0 Å². The van der Waals surface area contributed by atoms with E-state index in [2.05, 4.69) is 152 Å². The fraction of sp³-hybridized carbons (Fsp3) is 0.297. The molecule has 0 aliphatic heterocycles. The van der Waals surface area contributed by atoms with Gasteiger partial charge >= 0.3 is 0 Å². The van der Waals surface area contributed by atoms with Gasteiger partial charge in [-0.2, -0.15) is 0 Å². The van der Waals surface area contributed by atoms with Crippen LogP contribution < -0.4 is 4.90 Å². The van der Waals surface area contributed by atoms with Crippen molar-refractivity contribution in [3.63, 3.8) is 0 Å². The molecule has 0 saturated carbocycles. The van der Waals surface area contributed by atoms with Crippen molar-refractivity contribution < 1.29 is 0 Å². The Morgan fingerprint density at radius 3 is 1.32 bits per heavy atom. The lowest BCUT2D eigenvalue weighted by molar-refractivity contribution is 0.590. The standard InChI is InChI=1S/C37H41N/c1-24-10-16-29(17-11-24)38(30-18-12-25(2)13-19-30)35-32-21-15-27(36(4,5)6)22-33(32)26(3)31-20-14-28(23-34(31)35)37(7,8)9/h10-23H,1-9H3. The van der Waals surface area contributed by atoms with Crippen molar-refractivity contribution in [3.8, 4) is 0 Å². The maximum atomic E-state index is 2.46. The zero-order valence-electron chi connectivity index (χ0n) is 24.5. The van der Waals surface area contributed by atoms with Gasteiger partial charge in [-0.15, -0.1) is 0 Å². The minimum Gasteiger partial charge on any atom is -0.309 e. The van der Waals surface area contributed by atoms with Crippen LogP contribution >= 0.6 is 0 Å². The summed E-state index contributed by atoms with van der Waals surface area (Å²) in [6, 6.07) is 32.1. The molecule has 1 nitrogen and oxygen atoms in total. The number of hydrogen-bond donors (Lipinski definition) is 0. The summed E-state index contributed by atoms with van der Waals surface area (Å²) < 4.78 is 0. The van der Waals surface area contributed by atoms with Crippen molar-refractivity contribution >= 4 is 38.6 Å². The molecule has 0 aromatic heterocycles. The first-order valence-corrected chi connectivity index (χ1v) is 13.8. The Morgan fingerprint density at radius 1 is 0.447 bits per heavy atom. The lowest BCUT2D eigenvalue weighted by Crippen LogP contribution is -2.14. The Hall–Kier alpha value is -3.58. The Labute approximate surface area is 229 Å². The van der Waals surface area contributed by atoms with Crippen LogP contribution in [0.15, 0.2) is 84.9 Å². The number of anilines is 3. The predicted octanol–water partition coefficient (Wildman–Crippen LogP) is 11.0. The number of aryl methyl sites for hydroxylation is 3. The van der Waals surface area contributed by atoms with Crippen LogP contribution in [0.3, 0.4) is 0 Å². The molecule has 0 bridgehead atoms. The number of hydrogen-bond acceptors (Lipinski definition) is 1. The van der Waals surface area contributed by atoms with Crippen molar-refractivity contribution in [2.45, 2.75) is 73.1 Å². The van der Waals surface area contributed by atoms with E-state index in [4.69, 9.17) is 0 Å². The molecule has 38 heavy (non-hydrogen) atoms. The van der Waals surface area contributed by atoms with Crippen LogP contribution in [0.1, 0.15) is 69.4 Å². The van der Waals surface area contributed by atoms with Gasteiger partial charge in [0.2, 0.25) is 0 Å². The highest BCUT2D eigenvalue weighted by atomic mass is 15.1. The van der Waals surface area contributed by atoms with Crippen LogP contribution in [-0.2, 0) is 10.8 Å². The Balaban J connectivity index is 1.96. The average Bonchev–Trinajstić information content (AvgIpc) is 2.86. The summed E-state index contributed by atoms with van der Waals surface area (Å²) in [5, 5.41) is 5.23. The van der Waals surface area contributed by atoms with Crippen molar-refractivity contribution in [2.24, 2.45) is 0 Å². The molecular weight excluding hydrogens is 458 g/mol. The van der Waals surface area contributed by atoms with Gasteiger partial charge in [-0.05, 0) is 89.4 Å². The van der Waals surface area contributed by atoms with Crippen LogP contribution in [0.5, 0.6) is 0 Å². The van der Waals surface area contributed by atoms with Gasteiger partial charge in [-0.3, -0.25) is 0 Å². The van der Waals surface area contributed by atoms with Gasteiger partial charge in [0.25, 0.3) is 0 Å². The quantitative estimate of drug-likeness (QED) is 0.223. The molecule has 194 valence electrons. The minimum absolute atomic E-state index is 0.0585. The summed E-state index contributed by atoms with van der Waals surface area (Å²) in [5.74, 6) is 0. The van der Waals surface area contributed by atoms with E-state index in [1.807, 2.05) is 0 Å². The van der Waals surface area contributed by atoms with E-state index in [0.29, 0.717) is 0 Å². The van der Waals surface area contributed by atoms with Crippen molar-refractivity contribution in [3.05, 3.63) is 113 Å². The SMILES string of the molecule is Cc1ccc(N(c2ccc(C)cc2)c2c3ccc(C(C)(C)C)cc3c(C)c3ccc(C(C)(C)C)cc23)cc1. The molecule has 0 fully saturated rings. The lowest BCUT2D eigenvalue weighted by Gasteiger charge is -2.31. The van der Waals surface area contributed by atoms with E-state index < -0.39 is 0 Å². The van der Waals surface area contributed by atoms with E-state index in [1.54, 1.807) is 0 Å². The molecular formula is C37H41N. The zero-order chi connectivity index (χ0) is 27.4. The van der Waals surface area contributed by atoms with E-state index in [9.17, 15) is 0 Å². The first-order chi connectivity index (χ1) is 17.8. The van der Waals surface area contributed by atoms with Gasteiger partial charge in [-0.1, -0.05) is 107 Å². The van der Waals surface area contributed by atoms with Gasteiger partial charge in [0.15, 0.2) is 0 Å². The second kappa shape index (κ2) is 9.31. The van der Waals surface area contributed by atoms with Crippen molar-refractivity contribution in [2.75, 3.05) is 4.90 Å². The normalized spacial score (nSPS) is 12.3. The summed E-state index contributed by atoms with van der Waals surface area (Å²) in [5.41, 5.74) is 10.3. The third-order valence-corrected chi connectivity index (χ3v) is 7.90. The monoisotopic (exact) mass is 499 g/mol. The molecule has 0 atom stereocenters. The molecule has 0 heterocycles. The van der Waals surface area contributed by atoms with Crippen LogP contribution in [-0.4, -0.2) is 0 Å². The van der Waals surface area contributed by atoms with Crippen LogP contribution in [0.4, 0.5) is 17.1 Å². The van der Waals surface area contributed by atoms with Gasteiger partial charge in [-0.25, -0.2) is 0 Å². The molecule has 5 aromatic carbocycles. The molecule has 5 aromatic rings. The fourth-order valence-electron chi connectivity index (χ4n) is 5.39. The Morgan fingerprint density at radius 2 is 0.868 bits per heavy atom. The zero-order valence-corrected chi connectivity index (χ0v) is 24.5. The smallest absolute Gasteiger partial charge is 0.0618 e. The summed E-state index contributed by atoms with van der Waals surface area (Å²) >= 11 is 0. The molecule has 0 saturated heterocycles. The number of rotatable bonds is 3. The summed E-state index contributed by atoms with van der Waals surface area (Å²) in [7, 11) is 0. The fourth-order valence-corrected chi connectivity index (χ4v) is 5.39. The van der Waals surface area contributed by atoms with Crippen molar-refractivity contribution in [1.82, 2.24) is 0 Å². The maximum absolute atomic E-state index is 2.46.